The number of thiol groups is 1. The van der Waals surface area contributed by atoms with Crippen molar-refractivity contribution in [2.24, 2.45) is 0 Å². The largest absolute Gasteiger partial charge is 0.489 e. The van der Waals surface area contributed by atoms with Crippen LogP contribution in [0.4, 0.5) is 0 Å². The van der Waals surface area contributed by atoms with Gasteiger partial charge in [-0.05, 0) is 23.3 Å². The molecule has 0 aliphatic rings. The fourth-order valence-corrected chi connectivity index (χ4v) is 1.26. The maximum absolute atomic E-state index is 11.0. The first-order valence-electron chi connectivity index (χ1n) is 5.21. The van der Waals surface area contributed by atoms with Gasteiger partial charge in [0.05, 0.1) is 13.5 Å². The second kappa shape index (κ2) is 7.01. The van der Waals surface area contributed by atoms with Crippen LogP contribution in [0.1, 0.15) is 5.56 Å². The molecule has 3 nitrogen and oxygen atoms in total. The average Bonchev–Trinajstić information content (AvgIpc) is 2.37. The molecule has 0 atom stereocenters. The van der Waals surface area contributed by atoms with Gasteiger partial charge in [0.2, 0.25) is 0 Å². The van der Waals surface area contributed by atoms with Crippen molar-refractivity contribution in [3.05, 3.63) is 42.0 Å². The maximum atomic E-state index is 11.0. The normalized spacial score (nSPS) is 9.76. The second-order valence-corrected chi connectivity index (χ2v) is 3.91. The fraction of sp³-hybridized carbons (Fsp3) is 0.308. The molecule has 0 aromatic heterocycles. The Kier molecular flexibility index (Phi) is 5.63. The van der Waals surface area contributed by atoms with Gasteiger partial charge in [0.15, 0.2) is 0 Å². The third kappa shape index (κ3) is 4.95. The summed E-state index contributed by atoms with van der Waals surface area (Å²) in [5.74, 6) is 1.11. The molecule has 0 saturated carbocycles. The van der Waals surface area contributed by atoms with Crippen LogP contribution in [0.3, 0.4) is 0 Å². The molecule has 0 aliphatic heterocycles. The van der Waals surface area contributed by atoms with Crippen molar-refractivity contribution < 1.29 is 14.3 Å². The summed E-state index contributed by atoms with van der Waals surface area (Å²) in [6.07, 6.45) is 0.278. The van der Waals surface area contributed by atoms with E-state index in [4.69, 9.17) is 4.74 Å². The van der Waals surface area contributed by atoms with E-state index in [2.05, 4.69) is 23.9 Å². The molecule has 0 saturated heterocycles. The zero-order valence-electron chi connectivity index (χ0n) is 9.81. The van der Waals surface area contributed by atoms with Gasteiger partial charge in [-0.25, -0.2) is 0 Å². The van der Waals surface area contributed by atoms with E-state index in [-0.39, 0.29) is 12.4 Å². The van der Waals surface area contributed by atoms with Crippen LogP contribution in [0, 0.1) is 0 Å². The standard InChI is InChI=1S/C13H16O3S/c1-10(9-17)8-16-12-5-3-11(4-6-12)7-13(14)15-2/h3-6,17H,1,7-9H2,2H3. The summed E-state index contributed by atoms with van der Waals surface area (Å²) >= 11 is 4.10. The third-order valence-corrected chi connectivity index (χ3v) is 2.61. The van der Waals surface area contributed by atoms with Crippen molar-refractivity contribution in [3.63, 3.8) is 0 Å². The van der Waals surface area contributed by atoms with E-state index >= 15 is 0 Å². The van der Waals surface area contributed by atoms with Crippen LogP contribution in [0.2, 0.25) is 0 Å². The first-order valence-corrected chi connectivity index (χ1v) is 5.85. The van der Waals surface area contributed by atoms with Gasteiger partial charge in [0.25, 0.3) is 0 Å². The van der Waals surface area contributed by atoms with Crippen molar-refractivity contribution in [2.75, 3.05) is 19.5 Å². The van der Waals surface area contributed by atoms with Gasteiger partial charge >= 0.3 is 5.97 Å². The lowest BCUT2D eigenvalue weighted by atomic mass is 10.1. The summed E-state index contributed by atoms with van der Waals surface area (Å²) in [7, 11) is 1.38. The second-order valence-electron chi connectivity index (χ2n) is 3.59. The van der Waals surface area contributed by atoms with Crippen LogP contribution in [0.25, 0.3) is 0 Å². The summed E-state index contributed by atoms with van der Waals surface area (Å²) in [4.78, 5) is 11.0. The minimum absolute atomic E-state index is 0.248. The zero-order chi connectivity index (χ0) is 12.7. The Labute approximate surface area is 107 Å². The molecular formula is C13H16O3S. The van der Waals surface area contributed by atoms with Gasteiger partial charge in [0, 0.05) is 5.75 Å². The lowest BCUT2D eigenvalue weighted by molar-refractivity contribution is -0.139. The Morgan fingerprint density at radius 2 is 2.00 bits per heavy atom. The number of carbonyl (C=O) groups is 1. The molecule has 0 fully saturated rings. The molecule has 0 N–H and O–H groups in total. The monoisotopic (exact) mass is 252 g/mol. The Hall–Kier alpha value is -1.42. The number of hydrogen-bond acceptors (Lipinski definition) is 4. The highest BCUT2D eigenvalue weighted by Gasteiger charge is 2.02. The van der Waals surface area contributed by atoms with Crippen molar-refractivity contribution in [3.8, 4) is 5.75 Å². The molecule has 1 aromatic rings. The van der Waals surface area contributed by atoms with Crippen molar-refractivity contribution in [1.82, 2.24) is 0 Å². The van der Waals surface area contributed by atoms with Gasteiger partial charge in [-0.3, -0.25) is 4.79 Å². The van der Waals surface area contributed by atoms with Crippen LogP contribution in [-0.2, 0) is 16.0 Å². The molecule has 0 aliphatic carbocycles. The van der Waals surface area contributed by atoms with Crippen LogP contribution < -0.4 is 4.74 Å². The van der Waals surface area contributed by atoms with E-state index < -0.39 is 0 Å². The van der Waals surface area contributed by atoms with E-state index in [9.17, 15) is 4.79 Å². The molecule has 0 amide bonds. The Bertz CT molecular complexity index is 384. The van der Waals surface area contributed by atoms with Crippen molar-refractivity contribution in [1.29, 1.82) is 0 Å². The number of esters is 1. The summed E-state index contributed by atoms with van der Waals surface area (Å²) in [6, 6.07) is 7.33. The molecule has 0 radical (unpaired) electrons. The number of rotatable bonds is 6. The lowest BCUT2D eigenvalue weighted by Gasteiger charge is -2.07. The average molecular weight is 252 g/mol. The number of methoxy groups -OCH3 is 1. The van der Waals surface area contributed by atoms with Crippen LogP contribution in [0.15, 0.2) is 36.4 Å². The summed E-state index contributed by atoms with van der Waals surface area (Å²) in [5, 5.41) is 0. The van der Waals surface area contributed by atoms with E-state index in [1.54, 1.807) is 0 Å². The van der Waals surface area contributed by atoms with Gasteiger partial charge in [-0.15, -0.1) is 0 Å². The quantitative estimate of drug-likeness (QED) is 0.479. The zero-order valence-corrected chi connectivity index (χ0v) is 10.7. The van der Waals surface area contributed by atoms with Gasteiger partial charge in [-0.2, -0.15) is 12.6 Å². The molecule has 1 rings (SSSR count). The van der Waals surface area contributed by atoms with Crippen LogP contribution in [-0.4, -0.2) is 25.4 Å². The number of ether oxygens (including phenoxy) is 2. The maximum Gasteiger partial charge on any atom is 0.309 e. The van der Waals surface area contributed by atoms with Crippen molar-refractivity contribution >= 4 is 18.6 Å². The smallest absolute Gasteiger partial charge is 0.309 e. The predicted octanol–water partition coefficient (Wildman–Crippen LogP) is 2.27. The van der Waals surface area contributed by atoms with Gasteiger partial charge < -0.3 is 9.47 Å². The SMILES string of the molecule is C=C(CS)COc1ccc(CC(=O)OC)cc1. The Morgan fingerprint density at radius 3 is 2.53 bits per heavy atom. The van der Waals surface area contributed by atoms with E-state index in [0.717, 1.165) is 16.9 Å². The predicted molar refractivity (Wildman–Crippen MR) is 70.7 cm³/mol. The Morgan fingerprint density at radius 1 is 1.35 bits per heavy atom. The Balaban J connectivity index is 2.50. The summed E-state index contributed by atoms with van der Waals surface area (Å²) in [5.41, 5.74) is 1.82. The molecule has 0 spiro atoms. The number of hydrogen-bond donors (Lipinski definition) is 1. The minimum atomic E-state index is -0.248. The van der Waals surface area contributed by atoms with E-state index in [1.165, 1.54) is 7.11 Å². The molecule has 4 heteroatoms. The minimum Gasteiger partial charge on any atom is -0.489 e. The highest BCUT2D eigenvalue weighted by Crippen LogP contribution is 2.13. The molecule has 0 heterocycles. The van der Waals surface area contributed by atoms with Crippen LogP contribution >= 0.6 is 12.6 Å². The topological polar surface area (TPSA) is 35.5 Å². The number of benzene rings is 1. The van der Waals surface area contributed by atoms with Crippen molar-refractivity contribution in [2.45, 2.75) is 6.42 Å². The summed E-state index contributed by atoms with van der Waals surface area (Å²) < 4.78 is 10.1. The van der Waals surface area contributed by atoms with E-state index in [1.807, 2.05) is 24.3 Å². The molecule has 0 bridgehead atoms. The van der Waals surface area contributed by atoms with Crippen LogP contribution in [0.5, 0.6) is 5.75 Å². The highest BCUT2D eigenvalue weighted by molar-refractivity contribution is 7.80. The molecule has 1 aromatic carbocycles. The third-order valence-electron chi connectivity index (χ3n) is 2.17. The highest BCUT2D eigenvalue weighted by atomic mass is 32.1. The molecule has 17 heavy (non-hydrogen) atoms. The lowest BCUT2D eigenvalue weighted by Crippen LogP contribution is -2.04. The first-order chi connectivity index (χ1) is 8.15. The first kappa shape index (κ1) is 13.6. The molecule has 92 valence electrons. The number of carbonyl (C=O) groups excluding carboxylic acids is 1. The van der Waals surface area contributed by atoms with Gasteiger partial charge in [0.1, 0.15) is 12.4 Å². The molecule has 0 unspecified atom stereocenters. The van der Waals surface area contributed by atoms with Gasteiger partial charge in [-0.1, -0.05) is 18.7 Å². The van der Waals surface area contributed by atoms with E-state index in [0.29, 0.717) is 12.4 Å². The fourth-order valence-electron chi connectivity index (χ4n) is 1.17. The molecular weight excluding hydrogens is 236 g/mol. The summed E-state index contributed by atoms with van der Waals surface area (Å²) in [6.45, 7) is 4.25.